The average Bonchev–Trinajstić information content (AvgIpc) is 2.99. The summed E-state index contributed by atoms with van der Waals surface area (Å²) in [5.74, 6) is -1.96. The quantitative estimate of drug-likeness (QED) is 0.666. The minimum absolute atomic E-state index is 0.0256. The first kappa shape index (κ1) is 19.2. The second-order valence-electron chi connectivity index (χ2n) is 5.81. The summed E-state index contributed by atoms with van der Waals surface area (Å²) in [7, 11) is 0. The molecule has 0 aliphatic rings. The Bertz CT molecular complexity index is 1070. The summed E-state index contributed by atoms with van der Waals surface area (Å²) >= 11 is 0. The number of aryl methyl sites for hydroxylation is 1. The number of para-hydroxylation sites is 2. The number of hydrogen-bond acceptors (Lipinski definition) is 4. The molecule has 3 rings (SSSR count). The minimum Gasteiger partial charge on any atom is -0.408 e. The number of benzene rings is 2. The Morgan fingerprint density at radius 2 is 1.68 bits per heavy atom. The number of halogens is 3. The van der Waals surface area contributed by atoms with Crippen molar-refractivity contribution in [2.75, 3.05) is 0 Å². The maximum absolute atomic E-state index is 12.5. The van der Waals surface area contributed by atoms with Crippen LogP contribution in [0.2, 0.25) is 0 Å². The number of oxazole rings is 1. The second kappa shape index (κ2) is 7.59. The average molecular weight is 393 g/mol. The Morgan fingerprint density at radius 1 is 1.00 bits per heavy atom. The predicted molar refractivity (Wildman–Crippen MR) is 92.1 cm³/mol. The van der Waals surface area contributed by atoms with E-state index < -0.39 is 29.3 Å². The summed E-state index contributed by atoms with van der Waals surface area (Å²) in [4.78, 5) is 35.6. The fourth-order valence-electron chi connectivity index (χ4n) is 2.51. The lowest BCUT2D eigenvalue weighted by atomic mass is 10.1. The molecule has 0 aliphatic heterocycles. The highest BCUT2D eigenvalue weighted by molar-refractivity contribution is 5.95. The van der Waals surface area contributed by atoms with Crippen molar-refractivity contribution in [3.8, 4) is 0 Å². The number of hydrogen-bond donors (Lipinski definition) is 2. The molecule has 1 aromatic heterocycles. The Labute approximate surface area is 155 Å². The molecule has 0 saturated carbocycles. The molecule has 10 heteroatoms. The van der Waals surface area contributed by atoms with Gasteiger partial charge in [0.1, 0.15) is 0 Å². The Kier molecular flexibility index (Phi) is 5.21. The van der Waals surface area contributed by atoms with Crippen molar-refractivity contribution < 1.29 is 27.2 Å². The largest absolute Gasteiger partial charge is 0.419 e. The predicted octanol–water partition coefficient (Wildman–Crippen LogP) is 2.46. The first-order chi connectivity index (χ1) is 13.3. The highest BCUT2D eigenvalue weighted by Gasteiger charge is 2.30. The Morgan fingerprint density at radius 3 is 2.36 bits per heavy atom. The molecular weight excluding hydrogens is 379 g/mol. The van der Waals surface area contributed by atoms with E-state index in [1.807, 2.05) is 0 Å². The van der Waals surface area contributed by atoms with Gasteiger partial charge in [0.25, 0.3) is 5.91 Å². The molecule has 7 nitrogen and oxygen atoms in total. The smallest absolute Gasteiger partial charge is 0.408 e. The highest BCUT2D eigenvalue weighted by Crippen LogP contribution is 2.29. The number of nitrogens with one attached hydrogen (secondary N) is 2. The van der Waals surface area contributed by atoms with Crippen molar-refractivity contribution >= 4 is 22.9 Å². The summed E-state index contributed by atoms with van der Waals surface area (Å²) in [5, 5.41) is 0. The molecule has 0 radical (unpaired) electrons. The van der Waals surface area contributed by atoms with Crippen LogP contribution in [0.4, 0.5) is 13.2 Å². The van der Waals surface area contributed by atoms with E-state index >= 15 is 0 Å². The van der Waals surface area contributed by atoms with Gasteiger partial charge in [0.15, 0.2) is 5.58 Å². The zero-order valence-corrected chi connectivity index (χ0v) is 14.2. The van der Waals surface area contributed by atoms with Gasteiger partial charge >= 0.3 is 11.9 Å². The summed E-state index contributed by atoms with van der Waals surface area (Å²) in [5.41, 5.74) is 4.25. The van der Waals surface area contributed by atoms with Crippen molar-refractivity contribution in [2.24, 2.45) is 0 Å². The molecule has 0 bridgehead atoms. The molecule has 0 spiro atoms. The van der Waals surface area contributed by atoms with E-state index in [0.29, 0.717) is 11.1 Å². The third kappa shape index (κ3) is 4.22. The third-order valence-electron chi connectivity index (χ3n) is 3.93. The van der Waals surface area contributed by atoms with Gasteiger partial charge in [0.05, 0.1) is 11.1 Å². The summed E-state index contributed by atoms with van der Waals surface area (Å²) in [6, 6.07) is 10.3. The fraction of sp³-hybridized carbons (Fsp3) is 0.167. The number of carbonyl (C=O) groups is 2. The third-order valence-corrected chi connectivity index (χ3v) is 3.93. The van der Waals surface area contributed by atoms with Gasteiger partial charge in [-0.1, -0.05) is 12.1 Å². The van der Waals surface area contributed by atoms with Crippen LogP contribution in [0.15, 0.2) is 57.7 Å². The highest BCUT2D eigenvalue weighted by atomic mass is 19.4. The van der Waals surface area contributed by atoms with Crippen LogP contribution in [-0.2, 0) is 17.5 Å². The van der Waals surface area contributed by atoms with E-state index in [9.17, 15) is 27.6 Å². The molecule has 2 aromatic carbocycles. The van der Waals surface area contributed by atoms with E-state index in [-0.39, 0.29) is 18.5 Å². The molecule has 146 valence electrons. The molecule has 2 amide bonds. The van der Waals surface area contributed by atoms with E-state index in [1.165, 1.54) is 4.57 Å². The van der Waals surface area contributed by atoms with Crippen LogP contribution in [0, 0.1) is 0 Å². The van der Waals surface area contributed by atoms with Gasteiger partial charge < -0.3 is 4.42 Å². The van der Waals surface area contributed by atoms with E-state index in [2.05, 4.69) is 10.9 Å². The van der Waals surface area contributed by atoms with Crippen molar-refractivity contribution in [3.05, 3.63) is 70.2 Å². The first-order valence-electron chi connectivity index (χ1n) is 8.10. The normalized spacial score (nSPS) is 11.4. The zero-order valence-electron chi connectivity index (χ0n) is 14.2. The van der Waals surface area contributed by atoms with Crippen molar-refractivity contribution in [1.82, 2.24) is 15.4 Å². The molecule has 28 heavy (non-hydrogen) atoms. The van der Waals surface area contributed by atoms with Crippen LogP contribution in [0.25, 0.3) is 11.1 Å². The van der Waals surface area contributed by atoms with Crippen LogP contribution >= 0.6 is 0 Å². The topological polar surface area (TPSA) is 93.3 Å². The van der Waals surface area contributed by atoms with Crippen LogP contribution in [-0.4, -0.2) is 16.4 Å². The lowest BCUT2D eigenvalue weighted by Gasteiger charge is -2.09. The van der Waals surface area contributed by atoms with Gasteiger partial charge in [-0.25, -0.2) is 4.79 Å². The molecule has 1 heterocycles. The van der Waals surface area contributed by atoms with Crippen molar-refractivity contribution in [3.63, 3.8) is 0 Å². The molecule has 0 aliphatic carbocycles. The van der Waals surface area contributed by atoms with Gasteiger partial charge in [-0.15, -0.1) is 0 Å². The standard InChI is InChI=1S/C18H14F3N3O4/c19-18(20,21)12-7-5-11(6-8-12)16(26)23-22-15(25)9-10-24-13-3-1-2-4-14(13)28-17(24)27/h1-8H,9-10H2,(H,22,25)(H,23,26). The molecule has 0 unspecified atom stereocenters. The van der Waals surface area contributed by atoms with Gasteiger partial charge in [-0.2, -0.15) is 13.2 Å². The van der Waals surface area contributed by atoms with Crippen LogP contribution in [0.3, 0.4) is 0 Å². The Hall–Kier alpha value is -3.56. The number of aromatic nitrogens is 1. The van der Waals surface area contributed by atoms with Gasteiger partial charge in [-0.3, -0.25) is 25.0 Å². The van der Waals surface area contributed by atoms with Gasteiger partial charge in [0, 0.05) is 18.5 Å². The number of carbonyl (C=O) groups excluding carboxylic acids is 2. The number of rotatable bonds is 4. The van der Waals surface area contributed by atoms with Crippen LogP contribution < -0.4 is 16.6 Å². The first-order valence-corrected chi connectivity index (χ1v) is 8.10. The summed E-state index contributed by atoms with van der Waals surface area (Å²) in [6.07, 6.45) is -4.63. The van der Waals surface area contributed by atoms with Crippen LogP contribution in [0.1, 0.15) is 22.3 Å². The van der Waals surface area contributed by atoms with E-state index in [4.69, 9.17) is 4.42 Å². The van der Waals surface area contributed by atoms with E-state index in [1.54, 1.807) is 24.3 Å². The zero-order chi connectivity index (χ0) is 20.3. The minimum atomic E-state index is -4.50. The number of fused-ring (bicyclic) bond motifs is 1. The van der Waals surface area contributed by atoms with E-state index in [0.717, 1.165) is 24.3 Å². The van der Waals surface area contributed by atoms with Crippen molar-refractivity contribution in [2.45, 2.75) is 19.1 Å². The number of nitrogens with zero attached hydrogens (tertiary/aromatic N) is 1. The molecule has 2 N–H and O–H groups in total. The lowest BCUT2D eigenvalue weighted by molar-refractivity contribution is -0.137. The van der Waals surface area contributed by atoms with Crippen molar-refractivity contribution in [1.29, 1.82) is 0 Å². The monoisotopic (exact) mass is 393 g/mol. The Balaban J connectivity index is 1.54. The maximum atomic E-state index is 12.5. The molecule has 0 saturated heterocycles. The number of alkyl halides is 3. The molecule has 3 aromatic rings. The SMILES string of the molecule is O=C(CCn1c(=O)oc2ccccc21)NNC(=O)c1ccc(C(F)(F)F)cc1. The molecule has 0 atom stereocenters. The second-order valence-corrected chi connectivity index (χ2v) is 5.81. The number of hydrazine groups is 1. The van der Waals surface area contributed by atoms with Gasteiger partial charge in [-0.05, 0) is 36.4 Å². The summed E-state index contributed by atoms with van der Waals surface area (Å²) in [6.45, 7) is 0.0256. The summed E-state index contributed by atoms with van der Waals surface area (Å²) < 4.78 is 43.9. The molecule has 0 fully saturated rings. The fourth-order valence-corrected chi connectivity index (χ4v) is 2.51. The lowest BCUT2D eigenvalue weighted by Crippen LogP contribution is -2.42. The number of amides is 2. The molecular formula is C18H14F3N3O4. The van der Waals surface area contributed by atoms with Crippen LogP contribution in [0.5, 0.6) is 0 Å². The maximum Gasteiger partial charge on any atom is 0.419 e. The van der Waals surface area contributed by atoms with Gasteiger partial charge in [0.2, 0.25) is 5.91 Å².